The summed E-state index contributed by atoms with van der Waals surface area (Å²) in [7, 11) is 0.894. The fraction of sp³-hybridized carbons (Fsp3) is 0.258. The summed E-state index contributed by atoms with van der Waals surface area (Å²) in [6, 6.07) is 10.3. The minimum atomic E-state index is -4.86. The van der Waals surface area contributed by atoms with Gasteiger partial charge in [-0.25, -0.2) is 14.2 Å². The maximum Gasteiger partial charge on any atom is 0.431 e. The standard InChI is InChI=1S/C16H14ClF3N2O4.C15H11ClF3NO4/c1-8(2)26-14(24)10-6-9(4-5-11(10)17)22-13(23)7-12(16(18,19)20)21(3)15(22)25;1-2-23-14-8-10(4-5-12(14)20(21)22)24-13-6-3-9(7-11(13)16)15(17,18)19/h4-8H,1-3H3;3-8H,2H2,1H3. The van der Waals surface area contributed by atoms with Crippen LogP contribution in [0.4, 0.5) is 32.0 Å². The maximum atomic E-state index is 12.9. The highest BCUT2D eigenvalue weighted by Gasteiger charge is 2.35. The number of carbonyl (C=O) groups excluding carboxylic acids is 1. The molecule has 0 amide bonds. The average molecular weight is 752 g/mol. The van der Waals surface area contributed by atoms with E-state index in [9.17, 15) is 50.8 Å². The van der Waals surface area contributed by atoms with Crippen molar-refractivity contribution in [3.63, 3.8) is 0 Å². The number of alkyl halides is 6. The molecule has 1 heterocycles. The molecule has 0 atom stereocenters. The second kappa shape index (κ2) is 15.7. The normalized spacial score (nSPS) is 11.5. The van der Waals surface area contributed by atoms with Crippen LogP contribution in [0.2, 0.25) is 10.0 Å². The van der Waals surface area contributed by atoms with Crippen molar-refractivity contribution in [2.24, 2.45) is 7.05 Å². The van der Waals surface area contributed by atoms with Crippen molar-refractivity contribution in [2.45, 2.75) is 39.2 Å². The van der Waals surface area contributed by atoms with Gasteiger partial charge in [-0.2, -0.15) is 26.3 Å². The molecule has 11 nitrogen and oxygen atoms in total. The molecule has 0 aliphatic carbocycles. The molecule has 4 aromatic rings. The Kier molecular flexibility index (Phi) is 12.4. The summed E-state index contributed by atoms with van der Waals surface area (Å²) in [5, 5.41) is 10.7. The number of aromatic nitrogens is 2. The third-order valence-corrected chi connectivity index (χ3v) is 6.92. The van der Waals surface area contributed by atoms with Crippen molar-refractivity contribution < 1.29 is 50.3 Å². The summed E-state index contributed by atoms with van der Waals surface area (Å²) in [6.45, 7) is 5.09. The predicted octanol–water partition coefficient (Wildman–Crippen LogP) is 8.23. The summed E-state index contributed by atoms with van der Waals surface area (Å²) in [5.74, 6) is -0.668. The molecule has 0 radical (unpaired) electrons. The lowest BCUT2D eigenvalue weighted by atomic mass is 10.2. The van der Waals surface area contributed by atoms with Crippen molar-refractivity contribution in [2.75, 3.05) is 6.61 Å². The summed E-state index contributed by atoms with van der Waals surface area (Å²) < 4.78 is 92.9. The first kappa shape index (κ1) is 39.4. The molecule has 3 aromatic carbocycles. The zero-order valence-electron chi connectivity index (χ0n) is 26.2. The van der Waals surface area contributed by atoms with Crippen LogP contribution in [0.3, 0.4) is 0 Å². The molecule has 0 fully saturated rings. The summed E-state index contributed by atoms with van der Waals surface area (Å²) in [6.07, 6.45) is -9.82. The van der Waals surface area contributed by atoms with E-state index in [2.05, 4.69) is 0 Å². The number of rotatable bonds is 8. The number of nitro groups is 1. The monoisotopic (exact) mass is 751 g/mol. The van der Waals surface area contributed by atoms with Crippen LogP contribution in [0.25, 0.3) is 5.69 Å². The van der Waals surface area contributed by atoms with Crippen molar-refractivity contribution >= 4 is 34.9 Å². The molecule has 0 unspecified atom stereocenters. The van der Waals surface area contributed by atoms with E-state index in [0.717, 1.165) is 31.3 Å². The van der Waals surface area contributed by atoms with Gasteiger partial charge >= 0.3 is 29.7 Å². The Balaban J connectivity index is 0.000000271. The summed E-state index contributed by atoms with van der Waals surface area (Å²) in [5.41, 5.74) is -5.16. The smallest absolute Gasteiger partial charge is 0.431 e. The summed E-state index contributed by atoms with van der Waals surface area (Å²) in [4.78, 5) is 46.7. The minimum Gasteiger partial charge on any atom is -0.487 e. The van der Waals surface area contributed by atoms with E-state index in [1.807, 2.05) is 0 Å². The second-order valence-corrected chi connectivity index (χ2v) is 11.0. The Hall–Kier alpha value is -5.03. The van der Waals surface area contributed by atoms with Gasteiger partial charge in [0.1, 0.15) is 17.2 Å². The van der Waals surface area contributed by atoms with Gasteiger partial charge in [0, 0.05) is 25.2 Å². The lowest BCUT2D eigenvalue weighted by Gasteiger charge is -2.15. The van der Waals surface area contributed by atoms with E-state index >= 15 is 0 Å². The first-order valence-corrected chi connectivity index (χ1v) is 14.8. The van der Waals surface area contributed by atoms with Crippen LogP contribution in [-0.2, 0) is 24.1 Å². The van der Waals surface area contributed by atoms with Gasteiger partial charge in [0.2, 0.25) is 5.75 Å². The Labute approximate surface area is 288 Å². The Bertz CT molecular complexity index is 2030. The third-order valence-electron chi connectivity index (χ3n) is 6.30. The first-order valence-electron chi connectivity index (χ1n) is 14.0. The first-order chi connectivity index (χ1) is 23.1. The van der Waals surface area contributed by atoms with Gasteiger partial charge in [-0.1, -0.05) is 23.2 Å². The van der Waals surface area contributed by atoms with E-state index in [0.29, 0.717) is 15.2 Å². The highest BCUT2D eigenvalue weighted by atomic mass is 35.5. The fourth-order valence-electron chi connectivity index (χ4n) is 4.09. The van der Waals surface area contributed by atoms with Crippen molar-refractivity contribution in [3.8, 4) is 22.9 Å². The summed E-state index contributed by atoms with van der Waals surface area (Å²) >= 11 is 11.7. The van der Waals surface area contributed by atoms with Gasteiger partial charge in [0.05, 0.1) is 44.5 Å². The number of hydrogen-bond acceptors (Lipinski definition) is 8. The van der Waals surface area contributed by atoms with Gasteiger partial charge in [-0.3, -0.25) is 19.5 Å². The molecule has 4 rings (SSSR count). The zero-order valence-corrected chi connectivity index (χ0v) is 27.7. The van der Waals surface area contributed by atoms with Crippen LogP contribution < -0.4 is 20.7 Å². The molecular formula is C31H25Cl2F6N3O8. The molecule has 19 heteroatoms. The molecular weight excluding hydrogens is 727 g/mol. The van der Waals surface area contributed by atoms with Crippen molar-refractivity contribution in [1.82, 2.24) is 9.13 Å². The number of carbonyl (C=O) groups is 1. The molecule has 0 saturated heterocycles. The number of esters is 1. The van der Waals surface area contributed by atoms with Gasteiger partial charge in [0.15, 0.2) is 0 Å². The van der Waals surface area contributed by atoms with E-state index in [-0.39, 0.29) is 50.8 Å². The molecule has 0 aliphatic heterocycles. The molecule has 0 N–H and O–H groups in total. The number of ether oxygens (including phenoxy) is 3. The van der Waals surface area contributed by atoms with E-state index in [1.165, 1.54) is 30.3 Å². The van der Waals surface area contributed by atoms with Crippen molar-refractivity contribution in [1.29, 1.82) is 0 Å². The lowest BCUT2D eigenvalue weighted by molar-refractivity contribution is -0.385. The van der Waals surface area contributed by atoms with Crippen LogP contribution >= 0.6 is 23.2 Å². The quantitative estimate of drug-likeness (QED) is 0.0762. The van der Waals surface area contributed by atoms with Crippen molar-refractivity contribution in [3.05, 3.63) is 118 Å². The van der Waals surface area contributed by atoms with E-state index < -0.39 is 51.9 Å². The van der Waals surface area contributed by atoms with Gasteiger partial charge in [-0.15, -0.1) is 0 Å². The van der Waals surface area contributed by atoms with Gasteiger partial charge in [0.25, 0.3) is 5.56 Å². The number of halogens is 8. The number of nitrogens with zero attached hydrogens (tertiary/aromatic N) is 3. The zero-order chi connectivity index (χ0) is 37.7. The van der Waals surface area contributed by atoms with Crippen LogP contribution in [0, 0.1) is 10.1 Å². The lowest BCUT2D eigenvalue weighted by Crippen LogP contribution is -2.40. The van der Waals surface area contributed by atoms with Crippen LogP contribution in [-0.4, -0.2) is 32.7 Å². The fourth-order valence-corrected chi connectivity index (χ4v) is 4.50. The molecule has 1 aromatic heterocycles. The average Bonchev–Trinajstić information content (AvgIpc) is 3.00. The maximum absolute atomic E-state index is 12.9. The second-order valence-electron chi connectivity index (χ2n) is 10.2. The van der Waals surface area contributed by atoms with Crippen LogP contribution in [0.1, 0.15) is 42.4 Å². The highest BCUT2D eigenvalue weighted by molar-refractivity contribution is 6.33. The Morgan fingerprint density at radius 1 is 0.900 bits per heavy atom. The van der Waals surface area contributed by atoms with Crippen LogP contribution in [0.5, 0.6) is 17.2 Å². The largest absolute Gasteiger partial charge is 0.487 e. The van der Waals surface area contributed by atoms with Crippen LogP contribution in [0.15, 0.2) is 70.3 Å². The molecule has 0 spiro atoms. The Morgan fingerprint density at radius 3 is 2.10 bits per heavy atom. The molecule has 268 valence electrons. The SMILES string of the molecule is CC(C)OC(=O)c1cc(-n2c(=O)cc(C(F)(F)F)n(C)c2=O)ccc1Cl.CCOc1cc(Oc2ccc(C(F)(F)F)cc2Cl)ccc1[N+](=O)[O-]. The van der Waals surface area contributed by atoms with Gasteiger partial charge in [-0.05, 0) is 63.2 Å². The van der Waals surface area contributed by atoms with E-state index in [1.54, 1.807) is 20.8 Å². The van der Waals surface area contributed by atoms with Gasteiger partial charge < -0.3 is 14.2 Å². The highest BCUT2D eigenvalue weighted by Crippen LogP contribution is 2.38. The topological polar surface area (TPSA) is 132 Å². The van der Waals surface area contributed by atoms with E-state index in [4.69, 9.17) is 37.4 Å². The molecule has 50 heavy (non-hydrogen) atoms. The Morgan fingerprint density at radius 2 is 1.56 bits per heavy atom. The third kappa shape index (κ3) is 9.56. The molecule has 0 bridgehead atoms. The molecule has 0 saturated carbocycles. The molecule has 0 aliphatic rings. The number of hydrogen-bond donors (Lipinski definition) is 0. The predicted molar refractivity (Wildman–Crippen MR) is 169 cm³/mol. The minimum absolute atomic E-state index is 0.0104. The number of nitro benzene ring substituents is 1. The number of benzene rings is 3.